The molecule has 0 radical (unpaired) electrons. The van der Waals surface area contributed by atoms with Gasteiger partial charge in [0, 0.05) is 29.9 Å². The molecule has 0 fully saturated rings. The van der Waals surface area contributed by atoms with Gasteiger partial charge in [-0.2, -0.15) is 0 Å². The number of hydrogen-bond donors (Lipinski definition) is 4. The number of nitrogens with one attached hydrogen (secondary N) is 3. The summed E-state index contributed by atoms with van der Waals surface area (Å²) in [6.07, 6.45) is 2.57. The molecule has 166 valence electrons. The highest BCUT2D eigenvalue weighted by Gasteiger charge is 2.24. The van der Waals surface area contributed by atoms with E-state index < -0.39 is 11.9 Å². The Hall–Kier alpha value is -3.91. The highest BCUT2D eigenvalue weighted by Crippen LogP contribution is 2.31. The lowest BCUT2D eigenvalue weighted by molar-refractivity contribution is -0.120. The average Bonchev–Trinajstić information content (AvgIpc) is 3.58. The van der Waals surface area contributed by atoms with E-state index in [1.807, 2.05) is 48.0 Å². The second kappa shape index (κ2) is 8.55. The van der Waals surface area contributed by atoms with Crippen LogP contribution >= 0.6 is 11.3 Å². The van der Waals surface area contributed by atoms with E-state index in [9.17, 15) is 14.7 Å². The second-order valence-electron chi connectivity index (χ2n) is 7.83. The number of H-pyrrole nitrogens is 2. The predicted molar refractivity (Wildman–Crippen MR) is 130 cm³/mol. The van der Waals surface area contributed by atoms with E-state index in [0.717, 1.165) is 21.3 Å². The number of ketones is 1. The first-order valence-corrected chi connectivity index (χ1v) is 11.6. The largest absolute Gasteiger partial charge is 0.506 e. The first-order chi connectivity index (χ1) is 16.0. The molecule has 0 aliphatic heterocycles. The number of Topliss-reactive ketones (excluding diaryl/α,β-unsaturated/α-hetero) is 1. The van der Waals surface area contributed by atoms with Gasteiger partial charge in [0.25, 0.3) is 5.91 Å². The summed E-state index contributed by atoms with van der Waals surface area (Å²) in [7, 11) is 0. The molecule has 3 heterocycles. The first kappa shape index (κ1) is 21.0. The number of imidazole rings is 1. The normalized spacial score (nSPS) is 12.3. The molecule has 2 aromatic carbocycles. The number of phenolic OH excluding ortho intramolecular Hbond substituents is 1. The van der Waals surface area contributed by atoms with Gasteiger partial charge in [0.1, 0.15) is 22.6 Å². The Morgan fingerprint density at radius 3 is 2.79 bits per heavy atom. The molecule has 5 aromatic rings. The molecule has 8 heteroatoms. The number of phenols is 1. The summed E-state index contributed by atoms with van der Waals surface area (Å²) < 4.78 is 0. The van der Waals surface area contributed by atoms with Crippen molar-refractivity contribution in [3.05, 3.63) is 71.2 Å². The number of hydrogen-bond acceptors (Lipinski definition) is 5. The third-order valence-corrected chi connectivity index (χ3v) is 6.64. The number of carbonyl (C=O) groups excluding carboxylic acids is 2. The van der Waals surface area contributed by atoms with Crippen LogP contribution in [0, 0.1) is 0 Å². The minimum absolute atomic E-state index is 0.0110. The van der Waals surface area contributed by atoms with Crippen molar-refractivity contribution in [1.82, 2.24) is 20.3 Å². The van der Waals surface area contributed by atoms with Gasteiger partial charge in [-0.15, -0.1) is 11.3 Å². The van der Waals surface area contributed by atoms with Crippen molar-refractivity contribution >= 4 is 45.0 Å². The maximum absolute atomic E-state index is 13.3. The molecule has 4 N–H and O–H groups in total. The lowest BCUT2D eigenvalue weighted by Gasteiger charge is -2.17. The fourth-order valence-electron chi connectivity index (χ4n) is 4.04. The lowest BCUT2D eigenvalue weighted by atomic mass is 9.99. The summed E-state index contributed by atoms with van der Waals surface area (Å²) in [5.74, 6) is 0.133. The Kier molecular flexibility index (Phi) is 5.43. The van der Waals surface area contributed by atoms with Gasteiger partial charge < -0.3 is 20.4 Å². The molecule has 1 unspecified atom stereocenters. The van der Waals surface area contributed by atoms with E-state index in [-0.39, 0.29) is 11.5 Å². The van der Waals surface area contributed by atoms with Gasteiger partial charge >= 0.3 is 0 Å². The number of para-hydroxylation sites is 1. The summed E-state index contributed by atoms with van der Waals surface area (Å²) in [5, 5.41) is 16.2. The SMILES string of the molecule is CCC(=O)C(Cc1c[nH]c2ccccc12)NC(=O)c1ccc(O)c2[nH]c(-c3cccs3)nc12. The Bertz CT molecular complexity index is 1470. The number of fused-ring (bicyclic) bond motifs is 2. The van der Waals surface area contributed by atoms with Crippen molar-refractivity contribution in [2.24, 2.45) is 0 Å². The minimum Gasteiger partial charge on any atom is -0.506 e. The quantitative estimate of drug-likeness (QED) is 0.281. The van der Waals surface area contributed by atoms with E-state index in [2.05, 4.69) is 20.3 Å². The third kappa shape index (κ3) is 3.89. The summed E-state index contributed by atoms with van der Waals surface area (Å²) >= 11 is 1.51. The van der Waals surface area contributed by atoms with Gasteiger partial charge in [0.15, 0.2) is 5.78 Å². The molecule has 1 atom stereocenters. The molecule has 0 saturated carbocycles. The third-order valence-electron chi connectivity index (χ3n) is 5.76. The number of benzene rings is 2. The molecule has 7 nitrogen and oxygen atoms in total. The van der Waals surface area contributed by atoms with Crippen LogP contribution in [0.3, 0.4) is 0 Å². The molecular formula is C25H22N4O3S. The van der Waals surface area contributed by atoms with E-state index in [1.54, 1.807) is 6.92 Å². The molecular weight excluding hydrogens is 436 g/mol. The van der Waals surface area contributed by atoms with E-state index >= 15 is 0 Å². The van der Waals surface area contributed by atoms with Crippen molar-refractivity contribution in [1.29, 1.82) is 0 Å². The molecule has 0 saturated heterocycles. The minimum atomic E-state index is -0.679. The summed E-state index contributed by atoms with van der Waals surface area (Å²) in [4.78, 5) is 37.8. The predicted octanol–water partition coefficient (Wildman–Crippen LogP) is 4.80. The van der Waals surface area contributed by atoms with Gasteiger partial charge in [-0.1, -0.05) is 31.2 Å². The monoisotopic (exact) mass is 458 g/mol. The van der Waals surface area contributed by atoms with Crippen LogP contribution in [0.5, 0.6) is 5.75 Å². The van der Waals surface area contributed by atoms with Crippen molar-refractivity contribution in [2.75, 3.05) is 0 Å². The number of amides is 1. The second-order valence-corrected chi connectivity index (χ2v) is 8.78. The Morgan fingerprint density at radius 1 is 1.15 bits per heavy atom. The fourth-order valence-corrected chi connectivity index (χ4v) is 4.71. The van der Waals surface area contributed by atoms with Crippen molar-refractivity contribution in [3.8, 4) is 16.5 Å². The van der Waals surface area contributed by atoms with Crippen LogP contribution in [0.15, 0.2) is 60.1 Å². The van der Waals surface area contributed by atoms with Crippen LogP contribution in [0.1, 0.15) is 29.3 Å². The van der Waals surface area contributed by atoms with Gasteiger partial charge in [0.2, 0.25) is 0 Å². The summed E-state index contributed by atoms with van der Waals surface area (Å²) in [6.45, 7) is 1.79. The lowest BCUT2D eigenvalue weighted by Crippen LogP contribution is -2.42. The van der Waals surface area contributed by atoms with Crippen LogP contribution in [-0.4, -0.2) is 37.8 Å². The average molecular weight is 459 g/mol. The van der Waals surface area contributed by atoms with Crippen LogP contribution in [0.2, 0.25) is 0 Å². The van der Waals surface area contributed by atoms with Gasteiger partial charge in [0.05, 0.1) is 16.5 Å². The summed E-state index contributed by atoms with van der Waals surface area (Å²) in [6, 6.07) is 14.0. The molecule has 1 amide bonds. The molecule has 33 heavy (non-hydrogen) atoms. The molecule has 0 spiro atoms. The topological polar surface area (TPSA) is 111 Å². The molecule has 3 aromatic heterocycles. The number of thiophene rings is 1. The molecule has 0 aliphatic carbocycles. The van der Waals surface area contributed by atoms with Crippen LogP contribution in [-0.2, 0) is 11.2 Å². The number of nitrogens with zero attached hydrogens (tertiary/aromatic N) is 1. The maximum atomic E-state index is 13.3. The Labute approximate surface area is 193 Å². The van der Waals surface area contributed by atoms with Crippen LogP contribution < -0.4 is 5.32 Å². The number of aromatic hydroxyl groups is 1. The van der Waals surface area contributed by atoms with E-state index in [1.165, 1.54) is 23.5 Å². The molecule has 5 rings (SSSR count). The van der Waals surface area contributed by atoms with Gasteiger partial charge in [-0.3, -0.25) is 9.59 Å². The highest BCUT2D eigenvalue weighted by atomic mass is 32.1. The summed E-state index contributed by atoms with van der Waals surface area (Å²) in [5.41, 5.74) is 3.01. The smallest absolute Gasteiger partial charge is 0.254 e. The Morgan fingerprint density at radius 2 is 2.00 bits per heavy atom. The zero-order valence-electron chi connectivity index (χ0n) is 17.9. The number of carbonyl (C=O) groups is 2. The van der Waals surface area contributed by atoms with Crippen LogP contribution in [0.25, 0.3) is 32.6 Å². The zero-order valence-corrected chi connectivity index (χ0v) is 18.7. The van der Waals surface area contributed by atoms with Crippen molar-refractivity contribution in [2.45, 2.75) is 25.8 Å². The van der Waals surface area contributed by atoms with Crippen LogP contribution in [0.4, 0.5) is 0 Å². The molecule has 0 bridgehead atoms. The van der Waals surface area contributed by atoms with E-state index in [0.29, 0.717) is 35.3 Å². The number of aromatic amines is 2. The standard InChI is InChI=1S/C25H22N4O3S/c1-2-19(30)18(12-14-13-26-17-7-4-3-6-15(14)17)27-25(32)16-9-10-20(31)23-22(16)28-24(29-23)21-8-5-11-33-21/h3-11,13,18,26,31H,2,12H2,1H3,(H,27,32)(H,28,29). The van der Waals surface area contributed by atoms with E-state index in [4.69, 9.17) is 0 Å². The number of aromatic nitrogens is 3. The van der Waals surface area contributed by atoms with Crippen molar-refractivity contribution < 1.29 is 14.7 Å². The first-order valence-electron chi connectivity index (χ1n) is 10.7. The molecule has 0 aliphatic rings. The maximum Gasteiger partial charge on any atom is 0.254 e. The fraction of sp³-hybridized carbons (Fsp3) is 0.160. The van der Waals surface area contributed by atoms with Crippen molar-refractivity contribution in [3.63, 3.8) is 0 Å². The highest BCUT2D eigenvalue weighted by molar-refractivity contribution is 7.13. The van der Waals surface area contributed by atoms with Gasteiger partial charge in [-0.25, -0.2) is 4.98 Å². The zero-order chi connectivity index (χ0) is 22.9. The Balaban J connectivity index is 1.47. The van der Waals surface area contributed by atoms with Gasteiger partial charge in [-0.05, 0) is 35.2 Å². The number of rotatable bonds is 7.